The number of benzene rings is 2. The van der Waals surface area contributed by atoms with Crippen LogP contribution in [0.4, 0.5) is 8.78 Å². The van der Waals surface area contributed by atoms with Gasteiger partial charge in [-0.25, -0.2) is 8.78 Å². The minimum atomic E-state index is -2.76. The van der Waals surface area contributed by atoms with Gasteiger partial charge < -0.3 is 15.0 Å². The first-order chi connectivity index (χ1) is 12.4. The summed E-state index contributed by atoms with van der Waals surface area (Å²) >= 11 is 6.26. The van der Waals surface area contributed by atoms with Crippen molar-refractivity contribution in [2.45, 2.75) is 5.92 Å². The van der Waals surface area contributed by atoms with Crippen LogP contribution in [0, 0.1) is 0 Å². The molecule has 1 aliphatic heterocycles. The molecule has 1 saturated heterocycles. The number of likely N-dealkylation sites (N-methyl/N-ethyl adjacent to an activating group) is 1. The van der Waals surface area contributed by atoms with Crippen LogP contribution in [-0.2, 0) is 0 Å². The van der Waals surface area contributed by atoms with Gasteiger partial charge in [-0.3, -0.25) is 4.79 Å². The number of nitrogens with one attached hydrogen (secondary N) is 1. The molecule has 0 aliphatic carbocycles. The number of carbonyl (C=O) groups excluding carboxylic acids is 1. The largest absolute Gasteiger partial charge is 0.491 e. The van der Waals surface area contributed by atoms with E-state index in [0.717, 1.165) is 22.6 Å². The highest BCUT2D eigenvalue weighted by Gasteiger charge is 2.46. The molecule has 0 spiro atoms. The van der Waals surface area contributed by atoms with Crippen molar-refractivity contribution >= 4 is 17.5 Å². The summed E-state index contributed by atoms with van der Waals surface area (Å²) in [6, 6.07) is 12.3. The van der Waals surface area contributed by atoms with Crippen molar-refractivity contribution in [1.82, 2.24) is 10.2 Å². The fourth-order valence-electron chi connectivity index (χ4n) is 2.70. The third kappa shape index (κ3) is 4.14. The number of amides is 1. The van der Waals surface area contributed by atoms with E-state index in [2.05, 4.69) is 5.32 Å². The van der Waals surface area contributed by atoms with Crippen molar-refractivity contribution in [2.75, 3.05) is 33.3 Å². The predicted molar refractivity (Wildman–Crippen MR) is 97.2 cm³/mol. The summed E-state index contributed by atoms with van der Waals surface area (Å²) in [5.74, 6) is -2.53. The van der Waals surface area contributed by atoms with Crippen LogP contribution in [-0.4, -0.2) is 50.0 Å². The topological polar surface area (TPSA) is 41.6 Å². The number of nitrogens with zero attached hydrogens (tertiary/aromatic N) is 1. The molecule has 0 aromatic heterocycles. The molecular weight excluding hydrogens is 362 g/mol. The van der Waals surface area contributed by atoms with E-state index in [1.807, 2.05) is 13.1 Å². The van der Waals surface area contributed by atoms with Gasteiger partial charge in [0.15, 0.2) is 0 Å². The van der Waals surface area contributed by atoms with Gasteiger partial charge in [-0.2, -0.15) is 0 Å². The van der Waals surface area contributed by atoms with E-state index < -0.39 is 19.0 Å². The van der Waals surface area contributed by atoms with Crippen molar-refractivity contribution in [2.24, 2.45) is 0 Å². The normalized spacial score (nSPS) is 15.5. The van der Waals surface area contributed by atoms with Gasteiger partial charge in [-0.05, 0) is 42.4 Å². The van der Waals surface area contributed by atoms with Crippen LogP contribution in [0.25, 0.3) is 11.1 Å². The lowest BCUT2D eigenvalue weighted by Gasteiger charge is -2.38. The Morgan fingerprint density at radius 1 is 1.19 bits per heavy atom. The summed E-state index contributed by atoms with van der Waals surface area (Å²) in [5, 5.41) is 3.49. The lowest BCUT2D eigenvalue weighted by Crippen LogP contribution is -2.58. The van der Waals surface area contributed by atoms with E-state index in [-0.39, 0.29) is 5.91 Å². The van der Waals surface area contributed by atoms with E-state index in [4.69, 9.17) is 16.3 Å². The average Bonchev–Trinajstić information content (AvgIpc) is 2.60. The standard InChI is InChI=1S/C19H19ClF2N2O2/c1-23-8-9-26-17-7-6-15(10-16(17)20)13-2-4-14(5-3-13)18(25)24-11-19(21,22)12-24/h2-7,10,23H,8-9,11-12H2,1H3. The average molecular weight is 381 g/mol. The predicted octanol–water partition coefficient (Wildman–Crippen LogP) is 3.70. The molecule has 138 valence electrons. The van der Waals surface area contributed by atoms with E-state index in [1.54, 1.807) is 36.4 Å². The highest BCUT2D eigenvalue weighted by atomic mass is 35.5. The summed E-state index contributed by atoms with van der Waals surface area (Å²) in [6.07, 6.45) is 0. The van der Waals surface area contributed by atoms with E-state index in [0.29, 0.717) is 22.9 Å². The summed E-state index contributed by atoms with van der Waals surface area (Å²) in [6.45, 7) is 0.203. The lowest BCUT2D eigenvalue weighted by molar-refractivity contribution is -0.113. The summed E-state index contributed by atoms with van der Waals surface area (Å²) in [7, 11) is 1.84. The molecule has 2 aromatic carbocycles. The Morgan fingerprint density at radius 3 is 2.42 bits per heavy atom. The van der Waals surface area contributed by atoms with Gasteiger partial charge in [0.2, 0.25) is 0 Å². The quantitative estimate of drug-likeness (QED) is 0.777. The van der Waals surface area contributed by atoms with Crippen molar-refractivity contribution in [3.8, 4) is 16.9 Å². The van der Waals surface area contributed by atoms with Gasteiger partial charge in [-0.1, -0.05) is 29.8 Å². The van der Waals surface area contributed by atoms with Crippen LogP contribution < -0.4 is 10.1 Å². The SMILES string of the molecule is CNCCOc1ccc(-c2ccc(C(=O)N3CC(F)(F)C3)cc2)cc1Cl. The number of likely N-dealkylation sites (tertiary alicyclic amines) is 1. The van der Waals surface area contributed by atoms with Crippen LogP contribution in [0.15, 0.2) is 42.5 Å². The molecule has 0 bridgehead atoms. The Bertz CT molecular complexity index is 789. The molecule has 1 heterocycles. The van der Waals surface area contributed by atoms with Gasteiger partial charge in [0, 0.05) is 12.1 Å². The Balaban J connectivity index is 1.68. The Hall–Kier alpha value is -2.18. The van der Waals surface area contributed by atoms with Crippen molar-refractivity contribution in [1.29, 1.82) is 0 Å². The Morgan fingerprint density at radius 2 is 1.85 bits per heavy atom. The molecule has 1 N–H and O–H groups in total. The lowest BCUT2D eigenvalue weighted by atomic mass is 10.0. The molecule has 1 aliphatic rings. The maximum absolute atomic E-state index is 12.9. The monoisotopic (exact) mass is 380 g/mol. The van der Waals surface area contributed by atoms with Crippen LogP contribution in [0.1, 0.15) is 10.4 Å². The van der Waals surface area contributed by atoms with E-state index >= 15 is 0 Å². The number of rotatable bonds is 6. The highest BCUT2D eigenvalue weighted by Crippen LogP contribution is 2.31. The number of alkyl halides is 2. The maximum Gasteiger partial charge on any atom is 0.282 e. The van der Waals surface area contributed by atoms with Gasteiger partial charge >= 0.3 is 0 Å². The fourth-order valence-corrected chi connectivity index (χ4v) is 2.94. The van der Waals surface area contributed by atoms with Gasteiger partial charge in [0.25, 0.3) is 11.8 Å². The third-order valence-electron chi connectivity index (χ3n) is 4.14. The summed E-state index contributed by atoms with van der Waals surface area (Å²) in [5.41, 5.74) is 2.15. The Kier molecular flexibility index (Phi) is 5.44. The molecule has 0 saturated carbocycles. The minimum Gasteiger partial charge on any atom is -0.491 e. The number of hydrogen-bond acceptors (Lipinski definition) is 3. The molecule has 1 amide bonds. The van der Waals surface area contributed by atoms with Crippen LogP contribution in [0.5, 0.6) is 5.75 Å². The zero-order chi connectivity index (χ0) is 18.7. The number of hydrogen-bond donors (Lipinski definition) is 1. The minimum absolute atomic E-state index is 0.381. The zero-order valence-electron chi connectivity index (χ0n) is 14.3. The number of carbonyl (C=O) groups is 1. The van der Waals surface area contributed by atoms with Crippen molar-refractivity contribution in [3.63, 3.8) is 0 Å². The molecular formula is C19H19ClF2N2O2. The van der Waals surface area contributed by atoms with E-state index in [9.17, 15) is 13.6 Å². The first-order valence-electron chi connectivity index (χ1n) is 8.24. The number of halogens is 3. The first kappa shape index (κ1) is 18.6. The molecule has 0 atom stereocenters. The molecule has 4 nitrogen and oxygen atoms in total. The fraction of sp³-hybridized carbons (Fsp3) is 0.316. The van der Waals surface area contributed by atoms with Gasteiger partial charge in [0.05, 0.1) is 18.1 Å². The summed E-state index contributed by atoms with van der Waals surface area (Å²) in [4.78, 5) is 13.3. The molecule has 7 heteroatoms. The third-order valence-corrected chi connectivity index (χ3v) is 4.43. The molecule has 26 heavy (non-hydrogen) atoms. The molecule has 0 radical (unpaired) electrons. The second-order valence-corrected chi connectivity index (χ2v) is 6.60. The molecule has 1 fully saturated rings. The zero-order valence-corrected chi connectivity index (χ0v) is 15.0. The number of ether oxygens (including phenoxy) is 1. The molecule has 3 rings (SSSR count). The smallest absolute Gasteiger partial charge is 0.282 e. The highest BCUT2D eigenvalue weighted by molar-refractivity contribution is 6.32. The molecule has 0 unspecified atom stereocenters. The van der Waals surface area contributed by atoms with Gasteiger partial charge in [0.1, 0.15) is 12.4 Å². The van der Waals surface area contributed by atoms with Crippen LogP contribution >= 0.6 is 11.6 Å². The second kappa shape index (κ2) is 7.60. The van der Waals surface area contributed by atoms with Crippen LogP contribution in [0.3, 0.4) is 0 Å². The second-order valence-electron chi connectivity index (χ2n) is 6.19. The van der Waals surface area contributed by atoms with Crippen LogP contribution in [0.2, 0.25) is 5.02 Å². The van der Waals surface area contributed by atoms with Gasteiger partial charge in [-0.15, -0.1) is 0 Å². The molecule has 2 aromatic rings. The maximum atomic E-state index is 12.9. The van der Waals surface area contributed by atoms with Crippen molar-refractivity contribution < 1.29 is 18.3 Å². The van der Waals surface area contributed by atoms with E-state index in [1.165, 1.54) is 0 Å². The Labute approximate surface area is 155 Å². The summed E-state index contributed by atoms with van der Waals surface area (Å²) < 4.78 is 31.4. The first-order valence-corrected chi connectivity index (χ1v) is 8.62. The van der Waals surface area contributed by atoms with Crippen molar-refractivity contribution in [3.05, 3.63) is 53.1 Å².